The van der Waals surface area contributed by atoms with Crippen molar-refractivity contribution < 1.29 is 4.42 Å². The Morgan fingerprint density at radius 2 is 2.07 bits per heavy atom. The van der Waals surface area contributed by atoms with E-state index in [0.717, 1.165) is 34.2 Å². The molecule has 0 radical (unpaired) electrons. The molecule has 2 rings (SSSR count). The van der Waals surface area contributed by atoms with Crippen LogP contribution in [-0.2, 0) is 5.75 Å². The third-order valence-corrected chi connectivity index (χ3v) is 4.63. The molecule has 0 atom stereocenters. The van der Waals surface area contributed by atoms with Crippen LogP contribution in [0.15, 0.2) is 46.1 Å². The van der Waals surface area contributed by atoms with E-state index in [1.165, 1.54) is 6.39 Å². The summed E-state index contributed by atoms with van der Waals surface area (Å²) in [5.74, 6) is 3.01. The average Bonchev–Trinajstić information content (AvgIpc) is 3.10. The summed E-state index contributed by atoms with van der Waals surface area (Å²) < 4.78 is 5.18. The molecule has 0 saturated heterocycles. The second-order valence-corrected chi connectivity index (χ2v) is 6.64. The van der Waals surface area contributed by atoms with Gasteiger partial charge in [-0.05, 0) is 24.6 Å². The number of hydrogen-bond acceptors (Lipinski definition) is 6. The van der Waals surface area contributed by atoms with E-state index in [-0.39, 0.29) is 24.8 Å². The number of aryl methyl sites for hydroxylation is 1. The summed E-state index contributed by atoms with van der Waals surface area (Å²) in [4.78, 5) is 8.52. The van der Waals surface area contributed by atoms with E-state index in [4.69, 9.17) is 9.68 Å². The zero-order chi connectivity index (χ0) is 19.3. The van der Waals surface area contributed by atoms with E-state index >= 15 is 0 Å². The van der Waals surface area contributed by atoms with Crippen LogP contribution in [0.5, 0.6) is 0 Å². The molecular weight excluding hydrogens is 431 g/mol. The monoisotopic (exact) mass is 456 g/mol. The number of guanidine groups is 1. The van der Waals surface area contributed by atoms with Crippen molar-refractivity contribution in [3.8, 4) is 6.19 Å². The largest absolute Gasteiger partial charge is 0.448 e. The molecule has 0 saturated carbocycles. The number of rotatable bonds is 9. The van der Waals surface area contributed by atoms with Gasteiger partial charge in [0.15, 0.2) is 12.6 Å². The highest BCUT2D eigenvalue weighted by atomic mass is 35.5. The van der Waals surface area contributed by atoms with E-state index in [9.17, 15) is 0 Å². The summed E-state index contributed by atoms with van der Waals surface area (Å²) in [5.41, 5.74) is 3.15. The minimum atomic E-state index is 0. The van der Waals surface area contributed by atoms with Gasteiger partial charge in [0.1, 0.15) is 5.76 Å². The molecule has 29 heavy (non-hydrogen) atoms. The van der Waals surface area contributed by atoms with Gasteiger partial charge < -0.3 is 15.1 Å². The van der Waals surface area contributed by atoms with Crippen LogP contribution in [0.25, 0.3) is 6.08 Å². The van der Waals surface area contributed by atoms with Crippen molar-refractivity contribution in [2.45, 2.75) is 12.7 Å². The molecular formula is C19H26Cl2N6OS. The fraction of sp³-hybridized carbons (Fsp3) is 0.316. The number of benzene rings is 1. The van der Waals surface area contributed by atoms with Crippen LogP contribution >= 0.6 is 36.6 Å². The summed E-state index contributed by atoms with van der Waals surface area (Å²) in [6.07, 6.45) is 7.33. The fourth-order valence-corrected chi connectivity index (χ4v) is 3.03. The number of aromatic nitrogens is 1. The first kappa shape index (κ1) is 26.7. The number of nitriles is 1. The highest BCUT2D eigenvalue weighted by Crippen LogP contribution is 2.13. The van der Waals surface area contributed by atoms with E-state index in [0.29, 0.717) is 19.0 Å². The molecule has 158 valence electrons. The number of nitrogens with zero attached hydrogens (tertiary/aromatic N) is 3. The topological polar surface area (TPSA) is 98.3 Å². The van der Waals surface area contributed by atoms with Crippen molar-refractivity contribution in [1.82, 2.24) is 15.6 Å². The Hall–Kier alpha value is -2.34. The van der Waals surface area contributed by atoms with Gasteiger partial charge in [0.2, 0.25) is 5.96 Å². The predicted octanol–water partition coefficient (Wildman–Crippen LogP) is 3.83. The molecule has 0 fully saturated rings. The first-order valence-corrected chi connectivity index (χ1v) is 9.73. The maximum atomic E-state index is 8.85. The Morgan fingerprint density at radius 1 is 1.31 bits per heavy atom. The van der Waals surface area contributed by atoms with E-state index in [2.05, 4.69) is 25.9 Å². The van der Waals surface area contributed by atoms with Crippen LogP contribution in [0.2, 0.25) is 0 Å². The third-order valence-electron chi connectivity index (χ3n) is 3.66. The summed E-state index contributed by atoms with van der Waals surface area (Å²) in [6, 6.07) is 8.11. The van der Waals surface area contributed by atoms with Gasteiger partial charge in [0, 0.05) is 30.8 Å². The van der Waals surface area contributed by atoms with E-state index in [1.807, 2.05) is 56.6 Å². The Morgan fingerprint density at radius 3 is 2.69 bits per heavy atom. The summed E-state index contributed by atoms with van der Waals surface area (Å²) in [7, 11) is 1.89. The second-order valence-electron chi connectivity index (χ2n) is 5.54. The maximum Gasteiger partial charge on any atom is 0.205 e. The maximum absolute atomic E-state index is 8.85. The van der Waals surface area contributed by atoms with Crippen LogP contribution in [0, 0.1) is 18.4 Å². The van der Waals surface area contributed by atoms with Crippen molar-refractivity contribution in [3.05, 3.63) is 53.8 Å². The fourth-order valence-electron chi connectivity index (χ4n) is 2.16. The van der Waals surface area contributed by atoms with Crippen molar-refractivity contribution in [2.24, 2.45) is 4.99 Å². The zero-order valence-corrected chi connectivity index (χ0v) is 18.8. The first-order chi connectivity index (χ1) is 13.2. The molecule has 1 aromatic heterocycles. The average molecular weight is 457 g/mol. The number of nitrogens with one attached hydrogen (secondary N) is 3. The standard InChI is InChI=1S/C19H24N6OS.2ClH/c1-15-18(25-14-26-15)12-27-11-10-23-19(24-13-20)22-9-3-4-16-5-7-17(21-2)8-6-16;;/h3-8,14,21H,9-12H2,1-2H3,(H2,22,23,24);2*1H/b4-3+;;. The van der Waals surface area contributed by atoms with Crippen molar-refractivity contribution >= 4 is 54.3 Å². The normalized spacial score (nSPS) is 10.6. The molecule has 10 heteroatoms. The number of oxazole rings is 1. The smallest absolute Gasteiger partial charge is 0.205 e. The lowest BCUT2D eigenvalue weighted by Gasteiger charge is -2.07. The Kier molecular flexibility index (Phi) is 14.3. The zero-order valence-electron chi connectivity index (χ0n) is 16.3. The molecule has 0 bridgehead atoms. The van der Waals surface area contributed by atoms with Gasteiger partial charge in [0.05, 0.1) is 12.2 Å². The third kappa shape index (κ3) is 10.1. The minimum absolute atomic E-state index is 0. The van der Waals surface area contributed by atoms with E-state index < -0.39 is 0 Å². The quantitative estimate of drug-likeness (QED) is 0.173. The lowest BCUT2D eigenvalue weighted by molar-refractivity contribution is 0.525. The highest BCUT2D eigenvalue weighted by molar-refractivity contribution is 7.98. The van der Waals surface area contributed by atoms with Gasteiger partial charge in [-0.2, -0.15) is 17.0 Å². The molecule has 2 aromatic rings. The number of anilines is 1. The van der Waals surface area contributed by atoms with Crippen molar-refractivity contribution in [3.63, 3.8) is 0 Å². The van der Waals surface area contributed by atoms with Gasteiger partial charge in [-0.3, -0.25) is 5.32 Å². The molecule has 7 nitrogen and oxygen atoms in total. The molecule has 1 heterocycles. The van der Waals surface area contributed by atoms with Crippen LogP contribution in [-0.4, -0.2) is 36.8 Å². The SMILES string of the molecule is CNc1ccc(/C=C/CN=C(NC#N)NCCSCc2ncoc2C)cc1.Cl.Cl. The Labute approximate surface area is 188 Å². The Bertz CT molecular complexity index is 802. The first-order valence-electron chi connectivity index (χ1n) is 8.57. The molecule has 0 aliphatic carbocycles. The molecule has 0 aliphatic heterocycles. The van der Waals surface area contributed by atoms with Crippen molar-refractivity contribution in [2.75, 3.05) is 31.2 Å². The second kappa shape index (κ2) is 15.6. The molecule has 3 N–H and O–H groups in total. The van der Waals surface area contributed by atoms with Crippen LogP contribution in [0.3, 0.4) is 0 Å². The minimum Gasteiger partial charge on any atom is -0.448 e. The Balaban J connectivity index is 0.00000392. The molecule has 1 aromatic carbocycles. The number of thioether (sulfide) groups is 1. The number of aliphatic imine (C=N–C) groups is 1. The lowest BCUT2D eigenvalue weighted by atomic mass is 10.2. The summed E-state index contributed by atoms with van der Waals surface area (Å²) in [5, 5.41) is 17.6. The van der Waals surface area contributed by atoms with Crippen molar-refractivity contribution in [1.29, 1.82) is 5.26 Å². The molecule has 0 amide bonds. The molecule has 0 aliphatic rings. The number of halogens is 2. The predicted molar refractivity (Wildman–Crippen MR) is 126 cm³/mol. The lowest BCUT2D eigenvalue weighted by Crippen LogP contribution is -2.36. The molecule has 0 spiro atoms. The summed E-state index contributed by atoms with van der Waals surface area (Å²) in [6.45, 7) is 3.09. The molecule has 0 unspecified atom stereocenters. The van der Waals surface area contributed by atoms with Crippen LogP contribution in [0.4, 0.5) is 5.69 Å². The highest BCUT2D eigenvalue weighted by Gasteiger charge is 2.03. The van der Waals surface area contributed by atoms with Gasteiger partial charge in [-0.1, -0.05) is 24.3 Å². The van der Waals surface area contributed by atoms with E-state index in [1.54, 1.807) is 11.8 Å². The van der Waals surface area contributed by atoms with Crippen LogP contribution < -0.4 is 16.0 Å². The van der Waals surface area contributed by atoms with Gasteiger partial charge in [-0.25, -0.2) is 9.98 Å². The van der Waals surface area contributed by atoms with Gasteiger partial charge in [0.25, 0.3) is 0 Å². The number of hydrogen-bond donors (Lipinski definition) is 3. The van der Waals surface area contributed by atoms with Gasteiger partial charge >= 0.3 is 0 Å². The van der Waals surface area contributed by atoms with Crippen LogP contribution in [0.1, 0.15) is 17.0 Å². The summed E-state index contributed by atoms with van der Waals surface area (Å²) >= 11 is 1.74. The van der Waals surface area contributed by atoms with Gasteiger partial charge in [-0.15, -0.1) is 24.8 Å².